The molecule has 0 spiro atoms. The number of halogens is 3. The SMILES string of the molecule is CC(C)n1c(CBr)nnc1-c1cccc(F)c1F. The van der Waals surface area contributed by atoms with E-state index in [1.54, 1.807) is 4.57 Å². The average Bonchev–Trinajstić information content (AvgIpc) is 2.76. The molecule has 2 rings (SSSR count). The highest BCUT2D eigenvalue weighted by Crippen LogP contribution is 2.26. The summed E-state index contributed by atoms with van der Waals surface area (Å²) in [4.78, 5) is 0. The summed E-state index contributed by atoms with van der Waals surface area (Å²) in [7, 11) is 0. The molecule has 6 heteroatoms. The summed E-state index contributed by atoms with van der Waals surface area (Å²) < 4.78 is 28.8. The van der Waals surface area contributed by atoms with Gasteiger partial charge in [-0.25, -0.2) is 8.78 Å². The maximum absolute atomic E-state index is 13.8. The van der Waals surface area contributed by atoms with Gasteiger partial charge in [-0.3, -0.25) is 0 Å². The summed E-state index contributed by atoms with van der Waals surface area (Å²) in [5.74, 6) is -0.751. The number of hydrogen-bond donors (Lipinski definition) is 0. The normalized spacial score (nSPS) is 11.2. The van der Waals surface area contributed by atoms with Crippen LogP contribution in [0.4, 0.5) is 8.78 Å². The van der Waals surface area contributed by atoms with Gasteiger partial charge >= 0.3 is 0 Å². The van der Waals surface area contributed by atoms with E-state index < -0.39 is 11.6 Å². The van der Waals surface area contributed by atoms with Crippen LogP contribution in [0.5, 0.6) is 0 Å². The van der Waals surface area contributed by atoms with E-state index in [0.29, 0.717) is 17.0 Å². The van der Waals surface area contributed by atoms with Gasteiger partial charge in [0, 0.05) is 6.04 Å². The van der Waals surface area contributed by atoms with E-state index in [1.165, 1.54) is 12.1 Å². The van der Waals surface area contributed by atoms with Gasteiger partial charge in [0.05, 0.1) is 10.9 Å². The van der Waals surface area contributed by atoms with Crippen molar-refractivity contribution in [2.45, 2.75) is 25.2 Å². The smallest absolute Gasteiger partial charge is 0.169 e. The standard InChI is InChI=1S/C12H12BrF2N3/c1-7(2)18-10(6-13)16-17-12(18)8-4-3-5-9(14)11(8)15/h3-5,7H,6H2,1-2H3. The molecule has 0 fully saturated rings. The fraction of sp³-hybridized carbons (Fsp3) is 0.333. The van der Waals surface area contributed by atoms with Crippen LogP contribution in [0.3, 0.4) is 0 Å². The van der Waals surface area contributed by atoms with E-state index in [0.717, 1.165) is 6.07 Å². The molecule has 1 aromatic heterocycles. The van der Waals surface area contributed by atoms with Gasteiger partial charge in [-0.2, -0.15) is 0 Å². The molecule has 0 bridgehead atoms. The molecule has 0 aliphatic heterocycles. The first-order valence-corrected chi connectivity index (χ1v) is 6.62. The summed E-state index contributed by atoms with van der Waals surface area (Å²) in [5.41, 5.74) is 0.128. The van der Waals surface area contributed by atoms with Crippen LogP contribution >= 0.6 is 15.9 Å². The van der Waals surface area contributed by atoms with Crippen LogP contribution in [-0.4, -0.2) is 14.8 Å². The number of hydrogen-bond acceptors (Lipinski definition) is 2. The molecule has 2 aromatic rings. The lowest BCUT2D eigenvalue weighted by atomic mass is 10.2. The second kappa shape index (κ2) is 5.14. The molecule has 0 aliphatic carbocycles. The Morgan fingerprint density at radius 1 is 1.28 bits per heavy atom. The van der Waals surface area contributed by atoms with Gasteiger partial charge in [-0.05, 0) is 26.0 Å². The zero-order valence-corrected chi connectivity index (χ0v) is 11.6. The Balaban J connectivity index is 2.64. The van der Waals surface area contributed by atoms with Crippen LogP contribution in [0.25, 0.3) is 11.4 Å². The fourth-order valence-corrected chi connectivity index (χ4v) is 2.20. The zero-order valence-electron chi connectivity index (χ0n) is 9.99. The monoisotopic (exact) mass is 315 g/mol. The largest absolute Gasteiger partial charge is 0.308 e. The Hall–Kier alpha value is -1.30. The van der Waals surface area contributed by atoms with Gasteiger partial charge in [0.1, 0.15) is 5.82 Å². The predicted octanol–water partition coefficient (Wildman–Crippen LogP) is 3.70. The number of nitrogens with zero attached hydrogens (tertiary/aromatic N) is 3. The Morgan fingerprint density at radius 2 is 2.00 bits per heavy atom. The predicted molar refractivity (Wildman–Crippen MR) is 68.4 cm³/mol. The third kappa shape index (κ3) is 2.16. The van der Waals surface area contributed by atoms with E-state index in [4.69, 9.17) is 0 Å². The van der Waals surface area contributed by atoms with E-state index >= 15 is 0 Å². The molecule has 0 N–H and O–H groups in total. The molecule has 0 saturated heterocycles. The number of aromatic nitrogens is 3. The Kier molecular flexibility index (Phi) is 3.75. The summed E-state index contributed by atoms with van der Waals surface area (Å²) in [6.07, 6.45) is 0. The van der Waals surface area contributed by atoms with Crippen molar-refractivity contribution in [1.29, 1.82) is 0 Å². The summed E-state index contributed by atoms with van der Waals surface area (Å²) in [6.45, 7) is 3.88. The van der Waals surface area contributed by atoms with Gasteiger partial charge in [-0.15, -0.1) is 10.2 Å². The molecule has 0 radical (unpaired) electrons. The molecule has 1 aromatic carbocycles. The highest BCUT2D eigenvalue weighted by atomic mass is 79.9. The molecule has 0 atom stereocenters. The molecule has 0 unspecified atom stereocenters. The van der Waals surface area contributed by atoms with E-state index in [-0.39, 0.29) is 11.6 Å². The number of rotatable bonds is 3. The third-order valence-electron chi connectivity index (χ3n) is 2.59. The summed E-state index contributed by atoms with van der Waals surface area (Å²) >= 11 is 3.30. The first kappa shape index (κ1) is 13.1. The van der Waals surface area contributed by atoms with Crippen LogP contribution in [0.1, 0.15) is 25.7 Å². The van der Waals surface area contributed by atoms with Gasteiger partial charge in [0.15, 0.2) is 17.5 Å². The van der Waals surface area contributed by atoms with Crippen molar-refractivity contribution in [2.24, 2.45) is 0 Å². The molecule has 96 valence electrons. The first-order chi connectivity index (χ1) is 8.56. The van der Waals surface area contributed by atoms with Crippen molar-refractivity contribution in [3.8, 4) is 11.4 Å². The van der Waals surface area contributed by atoms with Crippen molar-refractivity contribution in [3.05, 3.63) is 35.7 Å². The molecular weight excluding hydrogens is 304 g/mol. The van der Waals surface area contributed by atoms with E-state index in [2.05, 4.69) is 26.1 Å². The minimum Gasteiger partial charge on any atom is -0.308 e. The Labute approximate surface area is 112 Å². The van der Waals surface area contributed by atoms with Gasteiger partial charge in [0.25, 0.3) is 0 Å². The second-order valence-corrected chi connectivity index (χ2v) is 4.70. The van der Waals surface area contributed by atoms with Gasteiger partial charge < -0.3 is 4.57 Å². The van der Waals surface area contributed by atoms with E-state index in [1.807, 2.05) is 13.8 Å². The highest BCUT2D eigenvalue weighted by molar-refractivity contribution is 9.08. The second-order valence-electron chi connectivity index (χ2n) is 4.14. The molecule has 0 amide bonds. The molecule has 18 heavy (non-hydrogen) atoms. The van der Waals surface area contributed by atoms with Crippen molar-refractivity contribution in [3.63, 3.8) is 0 Å². The lowest BCUT2D eigenvalue weighted by molar-refractivity contribution is 0.508. The maximum atomic E-state index is 13.8. The molecule has 0 aliphatic rings. The van der Waals surface area contributed by atoms with Crippen LogP contribution < -0.4 is 0 Å². The number of alkyl halides is 1. The average molecular weight is 316 g/mol. The Bertz CT molecular complexity index is 566. The quantitative estimate of drug-likeness (QED) is 0.809. The lowest BCUT2D eigenvalue weighted by Crippen LogP contribution is -2.08. The first-order valence-electron chi connectivity index (χ1n) is 5.50. The number of benzene rings is 1. The minimum atomic E-state index is -0.895. The molecular formula is C12H12BrF2N3. The zero-order chi connectivity index (χ0) is 13.3. The molecule has 3 nitrogen and oxygen atoms in total. The van der Waals surface area contributed by atoms with Crippen molar-refractivity contribution in [2.75, 3.05) is 0 Å². The van der Waals surface area contributed by atoms with Crippen LogP contribution in [0, 0.1) is 11.6 Å². The Morgan fingerprint density at radius 3 is 2.61 bits per heavy atom. The van der Waals surface area contributed by atoms with Gasteiger partial charge in [0.2, 0.25) is 0 Å². The lowest BCUT2D eigenvalue weighted by Gasteiger charge is -2.13. The third-order valence-corrected chi connectivity index (χ3v) is 3.10. The fourth-order valence-electron chi connectivity index (χ4n) is 1.82. The summed E-state index contributed by atoms with van der Waals surface area (Å²) in [6, 6.07) is 4.10. The van der Waals surface area contributed by atoms with Crippen molar-refractivity contribution in [1.82, 2.24) is 14.8 Å². The minimum absolute atomic E-state index is 0.0604. The van der Waals surface area contributed by atoms with E-state index in [9.17, 15) is 8.78 Å². The topological polar surface area (TPSA) is 30.7 Å². The van der Waals surface area contributed by atoms with Crippen molar-refractivity contribution < 1.29 is 8.78 Å². The summed E-state index contributed by atoms with van der Waals surface area (Å²) in [5, 5.41) is 8.45. The maximum Gasteiger partial charge on any atom is 0.169 e. The molecule has 0 saturated carbocycles. The van der Waals surface area contributed by atoms with Crippen LogP contribution in [0.15, 0.2) is 18.2 Å². The van der Waals surface area contributed by atoms with Crippen LogP contribution in [-0.2, 0) is 5.33 Å². The van der Waals surface area contributed by atoms with Crippen molar-refractivity contribution >= 4 is 15.9 Å². The van der Waals surface area contributed by atoms with Crippen LogP contribution in [0.2, 0.25) is 0 Å². The van der Waals surface area contributed by atoms with Gasteiger partial charge in [-0.1, -0.05) is 22.0 Å². The highest BCUT2D eigenvalue weighted by Gasteiger charge is 2.19. The molecule has 1 heterocycles.